The highest BCUT2D eigenvalue weighted by Gasteiger charge is 2.18. The third-order valence-corrected chi connectivity index (χ3v) is 2.56. The van der Waals surface area contributed by atoms with Crippen LogP contribution in [0.3, 0.4) is 0 Å². The van der Waals surface area contributed by atoms with Crippen LogP contribution in [0.1, 0.15) is 29.8 Å². The maximum atomic E-state index is 11.7. The number of primary amides is 1. The fourth-order valence-corrected chi connectivity index (χ4v) is 1.65. The number of hydrogen-bond donors (Lipinski definition) is 1. The number of allylic oxidation sites excluding steroid dienone is 1. The standard InChI is InChI=1S/C14H14N2O3/c1-3-19-14(18)12(8-15)9(2)10-6-4-5-7-11(10)13(16)17/h4-7H,3H2,1-2H3,(H2,16,17)/b12-9+. The van der Waals surface area contributed by atoms with Crippen molar-refractivity contribution >= 4 is 17.4 Å². The molecule has 19 heavy (non-hydrogen) atoms. The van der Waals surface area contributed by atoms with Gasteiger partial charge in [0.15, 0.2) is 0 Å². The smallest absolute Gasteiger partial charge is 0.349 e. The van der Waals surface area contributed by atoms with Crippen molar-refractivity contribution in [3.8, 4) is 6.07 Å². The molecule has 1 aromatic carbocycles. The van der Waals surface area contributed by atoms with Crippen molar-refractivity contribution in [2.45, 2.75) is 13.8 Å². The first kappa shape index (κ1) is 14.5. The average molecular weight is 258 g/mol. The molecule has 0 radical (unpaired) electrons. The molecule has 5 nitrogen and oxygen atoms in total. The Kier molecular flexibility index (Phi) is 4.84. The van der Waals surface area contributed by atoms with Crippen LogP contribution in [0.5, 0.6) is 0 Å². The lowest BCUT2D eigenvalue weighted by molar-refractivity contribution is -0.137. The van der Waals surface area contributed by atoms with E-state index in [9.17, 15) is 9.59 Å². The SMILES string of the molecule is CCOC(=O)/C(C#N)=C(\C)c1ccccc1C(N)=O. The summed E-state index contributed by atoms with van der Waals surface area (Å²) in [5, 5.41) is 9.06. The fraction of sp³-hybridized carbons (Fsp3) is 0.214. The van der Waals surface area contributed by atoms with Crippen LogP contribution in [0.4, 0.5) is 0 Å². The van der Waals surface area contributed by atoms with E-state index in [4.69, 9.17) is 15.7 Å². The lowest BCUT2D eigenvalue weighted by atomic mass is 9.96. The minimum Gasteiger partial charge on any atom is -0.462 e. The Morgan fingerprint density at radius 1 is 1.32 bits per heavy atom. The molecule has 1 amide bonds. The Balaban J connectivity index is 3.39. The van der Waals surface area contributed by atoms with E-state index in [0.29, 0.717) is 11.1 Å². The van der Waals surface area contributed by atoms with Crippen LogP contribution in [0.15, 0.2) is 29.8 Å². The second-order valence-electron chi connectivity index (χ2n) is 3.74. The van der Waals surface area contributed by atoms with E-state index < -0.39 is 11.9 Å². The third kappa shape index (κ3) is 3.19. The molecule has 98 valence electrons. The number of benzene rings is 1. The zero-order valence-electron chi connectivity index (χ0n) is 10.8. The monoisotopic (exact) mass is 258 g/mol. The van der Waals surface area contributed by atoms with Gasteiger partial charge in [-0.05, 0) is 31.1 Å². The van der Waals surface area contributed by atoms with Crippen LogP contribution in [-0.4, -0.2) is 18.5 Å². The van der Waals surface area contributed by atoms with Crippen molar-refractivity contribution in [3.05, 3.63) is 41.0 Å². The Morgan fingerprint density at radius 3 is 2.37 bits per heavy atom. The molecule has 2 N–H and O–H groups in total. The molecule has 0 fully saturated rings. The summed E-state index contributed by atoms with van der Waals surface area (Å²) >= 11 is 0. The number of ether oxygens (including phenoxy) is 1. The quantitative estimate of drug-likeness (QED) is 0.504. The summed E-state index contributed by atoms with van der Waals surface area (Å²) in [6.45, 7) is 3.41. The summed E-state index contributed by atoms with van der Waals surface area (Å²) in [6, 6.07) is 8.34. The number of nitriles is 1. The first-order valence-electron chi connectivity index (χ1n) is 5.70. The van der Waals surface area contributed by atoms with E-state index in [-0.39, 0.29) is 17.7 Å². The van der Waals surface area contributed by atoms with Gasteiger partial charge in [0.2, 0.25) is 5.91 Å². The zero-order valence-corrected chi connectivity index (χ0v) is 10.8. The summed E-state index contributed by atoms with van der Waals surface area (Å²) in [5.41, 5.74) is 6.23. The maximum Gasteiger partial charge on any atom is 0.349 e. The summed E-state index contributed by atoms with van der Waals surface area (Å²) in [4.78, 5) is 23.0. The maximum absolute atomic E-state index is 11.7. The van der Waals surface area contributed by atoms with Crippen LogP contribution in [0.25, 0.3) is 5.57 Å². The number of rotatable bonds is 4. The molecule has 1 aromatic rings. The lowest BCUT2D eigenvalue weighted by Crippen LogP contribution is -2.14. The van der Waals surface area contributed by atoms with Crippen molar-refractivity contribution in [2.24, 2.45) is 5.73 Å². The summed E-state index contributed by atoms with van der Waals surface area (Å²) in [7, 11) is 0. The van der Waals surface area contributed by atoms with Crippen molar-refractivity contribution in [2.75, 3.05) is 6.61 Å². The van der Waals surface area contributed by atoms with Gasteiger partial charge in [0, 0.05) is 5.56 Å². The van der Waals surface area contributed by atoms with E-state index in [1.54, 1.807) is 44.2 Å². The van der Waals surface area contributed by atoms with Gasteiger partial charge in [0.05, 0.1) is 6.61 Å². The fourth-order valence-electron chi connectivity index (χ4n) is 1.65. The summed E-state index contributed by atoms with van der Waals surface area (Å²) in [5.74, 6) is -1.32. The van der Waals surface area contributed by atoms with Gasteiger partial charge in [0.1, 0.15) is 11.6 Å². The van der Waals surface area contributed by atoms with Gasteiger partial charge >= 0.3 is 5.97 Å². The van der Waals surface area contributed by atoms with Crippen LogP contribution >= 0.6 is 0 Å². The molecule has 5 heteroatoms. The average Bonchev–Trinajstić information content (AvgIpc) is 2.39. The minimum absolute atomic E-state index is 0.129. The highest BCUT2D eigenvalue weighted by molar-refractivity contribution is 6.05. The molecule has 0 aliphatic carbocycles. The van der Waals surface area contributed by atoms with Crippen molar-refractivity contribution in [1.82, 2.24) is 0 Å². The molecule has 0 bridgehead atoms. The number of carbonyl (C=O) groups excluding carboxylic acids is 2. The molecule has 0 heterocycles. The first-order chi connectivity index (χ1) is 9.02. The molecular weight excluding hydrogens is 244 g/mol. The molecule has 0 unspecified atom stereocenters. The summed E-state index contributed by atoms with van der Waals surface area (Å²) in [6.07, 6.45) is 0. The Morgan fingerprint density at radius 2 is 1.89 bits per heavy atom. The third-order valence-electron chi connectivity index (χ3n) is 2.56. The normalized spacial score (nSPS) is 11.2. The lowest BCUT2D eigenvalue weighted by Gasteiger charge is -2.09. The largest absolute Gasteiger partial charge is 0.462 e. The number of carbonyl (C=O) groups is 2. The van der Waals surface area contributed by atoms with Gasteiger partial charge in [-0.15, -0.1) is 0 Å². The van der Waals surface area contributed by atoms with Crippen LogP contribution < -0.4 is 5.73 Å². The summed E-state index contributed by atoms with van der Waals surface area (Å²) < 4.78 is 4.80. The molecular formula is C14H14N2O3. The second kappa shape index (κ2) is 6.36. The minimum atomic E-state index is -0.707. The molecule has 0 saturated heterocycles. The van der Waals surface area contributed by atoms with Crippen molar-refractivity contribution in [1.29, 1.82) is 5.26 Å². The Labute approximate surface area is 111 Å². The van der Waals surface area contributed by atoms with Gasteiger partial charge in [0.25, 0.3) is 0 Å². The van der Waals surface area contributed by atoms with E-state index in [1.807, 2.05) is 0 Å². The first-order valence-corrected chi connectivity index (χ1v) is 5.70. The van der Waals surface area contributed by atoms with Gasteiger partial charge in [-0.2, -0.15) is 5.26 Å². The van der Waals surface area contributed by atoms with Crippen LogP contribution in [0.2, 0.25) is 0 Å². The van der Waals surface area contributed by atoms with Gasteiger partial charge < -0.3 is 10.5 Å². The molecule has 0 aliphatic rings. The van der Waals surface area contributed by atoms with E-state index in [0.717, 1.165) is 0 Å². The number of nitrogens with zero attached hydrogens (tertiary/aromatic N) is 1. The highest BCUT2D eigenvalue weighted by Crippen LogP contribution is 2.22. The van der Waals surface area contributed by atoms with E-state index in [2.05, 4.69) is 0 Å². The number of nitrogens with two attached hydrogens (primary N) is 1. The molecule has 0 atom stereocenters. The van der Waals surface area contributed by atoms with Gasteiger partial charge in [-0.1, -0.05) is 18.2 Å². The molecule has 0 saturated carbocycles. The van der Waals surface area contributed by atoms with Crippen molar-refractivity contribution in [3.63, 3.8) is 0 Å². The van der Waals surface area contributed by atoms with Gasteiger partial charge in [-0.25, -0.2) is 4.79 Å². The predicted molar refractivity (Wildman–Crippen MR) is 69.8 cm³/mol. The number of hydrogen-bond acceptors (Lipinski definition) is 4. The molecule has 0 spiro atoms. The number of esters is 1. The van der Waals surface area contributed by atoms with Crippen LogP contribution in [-0.2, 0) is 9.53 Å². The molecule has 0 aliphatic heterocycles. The van der Waals surface area contributed by atoms with Crippen LogP contribution in [0, 0.1) is 11.3 Å². The van der Waals surface area contributed by atoms with E-state index >= 15 is 0 Å². The predicted octanol–water partition coefficient (Wildman–Crippen LogP) is 1.65. The zero-order chi connectivity index (χ0) is 14.4. The second-order valence-corrected chi connectivity index (χ2v) is 3.74. The topological polar surface area (TPSA) is 93.2 Å². The molecule has 1 rings (SSSR count). The van der Waals surface area contributed by atoms with E-state index in [1.165, 1.54) is 0 Å². The Bertz CT molecular complexity index is 583. The number of amides is 1. The van der Waals surface area contributed by atoms with Crippen molar-refractivity contribution < 1.29 is 14.3 Å². The highest BCUT2D eigenvalue weighted by atomic mass is 16.5. The molecule has 0 aromatic heterocycles. The Hall–Kier alpha value is -2.61. The van der Waals surface area contributed by atoms with Gasteiger partial charge in [-0.3, -0.25) is 4.79 Å².